The SMILES string of the molecule is COc1nc(C(=O)NCc2nc(-c3ccc(Cl)cc3)no2)cc2ccccc12. The van der Waals surface area contributed by atoms with Crippen molar-refractivity contribution in [2.24, 2.45) is 0 Å². The van der Waals surface area contributed by atoms with Crippen molar-refractivity contribution < 1.29 is 14.1 Å². The number of hydrogen-bond acceptors (Lipinski definition) is 6. The summed E-state index contributed by atoms with van der Waals surface area (Å²) in [6, 6.07) is 16.3. The van der Waals surface area contributed by atoms with Gasteiger partial charge < -0.3 is 14.6 Å². The van der Waals surface area contributed by atoms with Crippen molar-refractivity contribution in [1.29, 1.82) is 0 Å². The van der Waals surface area contributed by atoms with Gasteiger partial charge in [-0.05, 0) is 41.8 Å². The van der Waals surface area contributed by atoms with E-state index in [1.54, 1.807) is 30.3 Å². The molecule has 0 fully saturated rings. The van der Waals surface area contributed by atoms with Crippen molar-refractivity contribution in [2.75, 3.05) is 7.11 Å². The average molecular weight is 395 g/mol. The van der Waals surface area contributed by atoms with E-state index in [9.17, 15) is 4.79 Å². The van der Waals surface area contributed by atoms with Crippen LogP contribution in [0.2, 0.25) is 5.02 Å². The van der Waals surface area contributed by atoms with Crippen molar-refractivity contribution >= 4 is 28.3 Å². The van der Waals surface area contributed by atoms with Gasteiger partial charge in [-0.15, -0.1) is 0 Å². The normalized spacial score (nSPS) is 10.8. The maximum Gasteiger partial charge on any atom is 0.270 e. The van der Waals surface area contributed by atoms with Gasteiger partial charge in [0, 0.05) is 16.0 Å². The van der Waals surface area contributed by atoms with Gasteiger partial charge in [-0.1, -0.05) is 35.0 Å². The Balaban J connectivity index is 1.49. The summed E-state index contributed by atoms with van der Waals surface area (Å²) in [5, 5.41) is 8.98. The minimum atomic E-state index is -0.365. The Morgan fingerprint density at radius 3 is 2.71 bits per heavy atom. The van der Waals surface area contributed by atoms with Gasteiger partial charge in [0.25, 0.3) is 5.91 Å². The van der Waals surface area contributed by atoms with E-state index in [0.29, 0.717) is 16.7 Å². The van der Waals surface area contributed by atoms with Crippen LogP contribution in [-0.4, -0.2) is 28.1 Å². The predicted molar refractivity (Wildman–Crippen MR) is 104 cm³/mol. The number of carbonyl (C=O) groups is 1. The number of pyridine rings is 1. The molecular formula is C20H15ClN4O3. The number of carbonyl (C=O) groups excluding carboxylic acids is 1. The van der Waals surface area contributed by atoms with Gasteiger partial charge in [-0.3, -0.25) is 4.79 Å². The van der Waals surface area contributed by atoms with E-state index in [-0.39, 0.29) is 24.0 Å². The highest BCUT2D eigenvalue weighted by atomic mass is 35.5. The Bertz CT molecular complexity index is 1140. The number of hydrogen-bond donors (Lipinski definition) is 1. The van der Waals surface area contributed by atoms with Crippen LogP contribution in [-0.2, 0) is 6.54 Å². The van der Waals surface area contributed by atoms with Crippen molar-refractivity contribution in [3.05, 3.63) is 71.2 Å². The molecule has 1 amide bonds. The molecule has 0 bridgehead atoms. The van der Waals surface area contributed by atoms with Gasteiger partial charge in [-0.2, -0.15) is 4.98 Å². The summed E-state index contributed by atoms with van der Waals surface area (Å²) in [5.74, 6) is 0.735. The number of aromatic nitrogens is 3. The predicted octanol–water partition coefficient (Wildman–Crippen LogP) is 3.88. The second-order valence-electron chi connectivity index (χ2n) is 5.94. The van der Waals surface area contributed by atoms with Crippen LogP contribution in [0.25, 0.3) is 22.2 Å². The number of rotatable bonds is 5. The van der Waals surface area contributed by atoms with Crippen LogP contribution in [0, 0.1) is 0 Å². The molecule has 0 saturated carbocycles. The molecule has 8 heteroatoms. The molecule has 0 unspecified atom stereocenters. The third-order valence-electron chi connectivity index (χ3n) is 4.10. The zero-order valence-electron chi connectivity index (χ0n) is 14.8. The van der Waals surface area contributed by atoms with Crippen molar-refractivity contribution in [3.63, 3.8) is 0 Å². The van der Waals surface area contributed by atoms with E-state index in [1.807, 2.05) is 24.3 Å². The largest absolute Gasteiger partial charge is 0.481 e. The summed E-state index contributed by atoms with van der Waals surface area (Å²) >= 11 is 5.88. The first kappa shape index (κ1) is 17.9. The monoisotopic (exact) mass is 394 g/mol. The van der Waals surface area contributed by atoms with Gasteiger partial charge in [0.2, 0.25) is 17.6 Å². The molecule has 1 N–H and O–H groups in total. The number of nitrogens with zero attached hydrogens (tertiary/aromatic N) is 3. The van der Waals surface area contributed by atoms with Crippen LogP contribution < -0.4 is 10.1 Å². The quantitative estimate of drug-likeness (QED) is 0.552. The number of methoxy groups -OCH3 is 1. The standard InChI is InChI=1S/C20H15ClN4O3/c1-27-20-15-5-3-2-4-13(15)10-16(23-20)19(26)22-11-17-24-18(25-28-17)12-6-8-14(21)9-7-12/h2-10H,11H2,1H3,(H,22,26). The molecule has 0 atom stereocenters. The molecule has 28 heavy (non-hydrogen) atoms. The second-order valence-corrected chi connectivity index (χ2v) is 6.38. The molecule has 0 aliphatic heterocycles. The summed E-state index contributed by atoms with van der Waals surface area (Å²) in [4.78, 5) is 21.1. The van der Waals surface area contributed by atoms with Crippen molar-refractivity contribution in [1.82, 2.24) is 20.4 Å². The summed E-state index contributed by atoms with van der Waals surface area (Å²) in [6.45, 7) is 0.0796. The molecular weight excluding hydrogens is 380 g/mol. The molecule has 0 aliphatic rings. The highest BCUT2D eigenvalue weighted by Gasteiger charge is 2.14. The first-order chi connectivity index (χ1) is 13.6. The fourth-order valence-electron chi connectivity index (χ4n) is 2.73. The van der Waals surface area contributed by atoms with E-state index >= 15 is 0 Å². The maximum absolute atomic E-state index is 12.5. The van der Waals surface area contributed by atoms with Gasteiger partial charge in [-0.25, -0.2) is 4.98 Å². The number of nitrogens with one attached hydrogen (secondary N) is 1. The molecule has 7 nitrogen and oxygen atoms in total. The first-order valence-corrected chi connectivity index (χ1v) is 8.82. The Morgan fingerprint density at radius 2 is 1.93 bits per heavy atom. The van der Waals surface area contributed by atoms with Crippen LogP contribution >= 0.6 is 11.6 Å². The molecule has 2 heterocycles. The van der Waals surface area contributed by atoms with Crippen molar-refractivity contribution in [3.8, 4) is 17.3 Å². The van der Waals surface area contributed by atoms with E-state index in [0.717, 1.165) is 16.3 Å². The van der Waals surface area contributed by atoms with Gasteiger partial charge in [0.05, 0.1) is 13.7 Å². The lowest BCUT2D eigenvalue weighted by Crippen LogP contribution is -2.24. The molecule has 140 valence electrons. The van der Waals surface area contributed by atoms with Crippen LogP contribution in [0.1, 0.15) is 16.4 Å². The minimum Gasteiger partial charge on any atom is -0.481 e. The zero-order valence-corrected chi connectivity index (χ0v) is 15.6. The van der Waals surface area contributed by atoms with E-state index in [4.69, 9.17) is 20.9 Å². The molecule has 0 radical (unpaired) electrons. The number of amides is 1. The van der Waals surface area contributed by atoms with Gasteiger partial charge in [0.15, 0.2) is 0 Å². The molecule has 2 aromatic heterocycles. The molecule has 0 aliphatic carbocycles. The van der Waals surface area contributed by atoms with Gasteiger partial charge in [0.1, 0.15) is 5.69 Å². The minimum absolute atomic E-state index is 0.0796. The van der Waals surface area contributed by atoms with Crippen LogP contribution in [0.5, 0.6) is 5.88 Å². The van der Waals surface area contributed by atoms with E-state index in [2.05, 4.69) is 20.4 Å². The summed E-state index contributed by atoms with van der Waals surface area (Å²) in [6.07, 6.45) is 0. The summed E-state index contributed by atoms with van der Waals surface area (Å²) < 4.78 is 10.5. The lowest BCUT2D eigenvalue weighted by Gasteiger charge is -2.08. The Labute approximate surface area is 165 Å². The second kappa shape index (κ2) is 7.66. The zero-order chi connectivity index (χ0) is 19.5. The number of ether oxygens (including phenoxy) is 1. The lowest BCUT2D eigenvalue weighted by atomic mass is 10.1. The smallest absolute Gasteiger partial charge is 0.270 e. The molecule has 4 aromatic rings. The third kappa shape index (κ3) is 3.65. The average Bonchev–Trinajstić information content (AvgIpc) is 3.20. The molecule has 4 rings (SSSR count). The van der Waals surface area contributed by atoms with Crippen molar-refractivity contribution in [2.45, 2.75) is 6.54 Å². The molecule has 0 spiro atoms. The lowest BCUT2D eigenvalue weighted by molar-refractivity contribution is 0.0940. The topological polar surface area (TPSA) is 90.1 Å². The fraction of sp³-hybridized carbons (Fsp3) is 0.100. The van der Waals surface area contributed by atoms with E-state index in [1.165, 1.54) is 7.11 Å². The molecule has 2 aromatic carbocycles. The van der Waals surface area contributed by atoms with Crippen LogP contribution in [0.3, 0.4) is 0 Å². The maximum atomic E-state index is 12.5. The third-order valence-corrected chi connectivity index (χ3v) is 4.35. The Morgan fingerprint density at radius 1 is 1.14 bits per heavy atom. The first-order valence-electron chi connectivity index (χ1n) is 8.44. The Hall–Kier alpha value is -3.45. The number of halogens is 1. The fourth-order valence-corrected chi connectivity index (χ4v) is 2.85. The van der Waals surface area contributed by atoms with Gasteiger partial charge >= 0.3 is 0 Å². The van der Waals surface area contributed by atoms with E-state index < -0.39 is 0 Å². The highest BCUT2D eigenvalue weighted by Crippen LogP contribution is 2.24. The Kier molecular flexibility index (Phi) is 4.90. The summed E-state index contributed by atoms with van der Waals surface area (Å²) in [5.41, 5.74) is 1.01. The van der Waals surface area contributed by atoms with Crippen LogP contribution in [0.15, 0.2) is 59.1 Å². The highest BCUT2D eigenvalue weighted by molar-refractivity contribution is 6.30. The van der Waals surface area contributed by atoms with Crippen LogP contribution in [0.4, 0.5) is 0 Å². The summed E-state index contributed by atoms with van der Waals surface area (Å²) in [7, 11) is 1.52. The number of fused-ring (bicyclic) bond motifs is 1. The number of benzene rings is 2. The molecule has 0 saturated heterocycles.